The van der Waals surface area contributed by atoms with Crippen molar-refractivity contribution in [2.45, 2.75) is 12.8 Å². The molecule has 0 aliphatic rings. The van der Waals surface area contributed by atoms with Crippen LogP contribution in [0.5, 0.6) is 0 Å². The average molecular weight is 535 g/mol. The molecule has 0 aliphatic carbocycles. The molecule has 4 N–H and O–H groups in total. The molecule has 0 spiro atoms. The molecule has 0 saturated carbocycles. The highest BCUT2D eigenvalue weighted by Crippen LogP contribution is 2.02. The number of carbonyl (C=O) groups excluding carboxylic acids is 2. The average Bonchev–Trinajstić information content (AvgIpc) is 2.81. The summed E-state index contributed by atoms with van der Waals surface area (Å²) in [5.41, 5.74) is 0. The SMILES string of the molecule is O=C(NCSC/N=C/OOCSCOC(=O)NCSC/N=C/OOCCCO)OCCCO. The van der Waals surface area contributed by atoms with Gasteiger partial charge in [-0.25, -0.2) is 19.6 Å². The number of aliphatic imine (C=N–C) groups is 2. The predicted octanol–water partition coefficient (Wildman–Crippen LogP) is 1.10. The fourth-order valence-corrected chi connectivity index (χ4v) is 2.63. The molecule has 0 atom stereocenters. The first-order valence-electron chi connectivity index (χ1n) is 9.50. The molecule has 0 aromatic carbocycles. The molecule has 0 unspecified atom stereocenters. The molecule has 192 valence electrons. The Morgan fingerprint density at radius 1 is 0.758 bits per heavy atom. The summed E-state index contributed by atoms with van der Waals surface area (Å²) in [5.74, 6) is 1.51. The largest absolute Gasteiger partial charge is 0.449 e. The van der Waals surface area contributed by atoms with Gasteiger partial charge in [0, 0.05) is 19.6 Å². The maximum absolute atomic E-state index is 11.4. The van der Waals surface area contributed by atoms with Crippen molar-refractivity contribution in [1.29, 1.82) is 0 Å². The normalized spacial score (nSPS) is 11.0. The smallest absolute Gasteiger partial charge is 0.408 e. The standard InChI is InChI=1S/C16H30N4O10S3/c21-3-1-5-25-15(23)19-11-31-10-18-8-29-30-14-33-13-26-16(24)20-12-32-9-17-7-28-27-6-2-4-22/h7-8,21-22H,1-6,9-14H2,(H,19,23)(H,20,24)/b17-7+,18-8+. The van der Waals surface area contributed by atoms with Gasteiger partial charge in [-0.2, -0.15) is 9.78 Å². The molecule has 17 heteroatoms. The fourth-order valence-electron chi connectivity index (χ4n) is 1.29. The lowest BCUT2D eigenvalue weighted by atomic mass is 10.5. The Morgan fingerprint density at radius 2 is 1.33 bits per heavy atom. The number of ether oxygens (including phenoxy) is 2. The molecule has 0 radical (unpaired) electrons. The monoisotopic (exact) mass is 534 g/mol. The topological polar surface area (TPSA) is 179 Å². The molecule has 14 nitrogen and oxygen atoms in total. The van der Waals surface area contributed by atoms with E-state index in [0.717, 1.165) is 12.8 Å². The van der Waals surface area contributed by atoms with Gasteiger partial charge in [-0.1, -0.05) is 11.8 Å². The molecule has 0 aliphatic heterocycles. The summed E-state index contributed by atoms with van der Waals surface area (Å²) in [4.78, 5) is 49.2. The van der Waals surface area contributed by atoms with E-state index < -0.39 is 12.2 Å². The number of hydrogen-bond donors (Lipinski definition) is 4. The van der Waals surface area contributed by atoms with E-state index in [-0.39, 0.29) is 38.3 Å². The van der Waals surface area contributed by atoms with E-state index in [1.165, 1.54) is 35.3 Å². The Morgan fingerprint density at radius 3 is 1.97 bits per heavy atom. The van der Waals surface area contributed by atoms with E-state index in [9.17, 15) is 9.59 Å². The van der Waals surface area contributed by atoms with Gasteiger partial charge in [-0.05, 0) is 6.42 Å². The first-order chi connectivity index (χ1) is 16.2. The van der Waals surface area contributed by atoms with Gasteiger partial charge in [-0.15, -0.1) is 23.5 Å². The van der Waals surface area contributed by atoms with Crippen LogP contribution in [0.3, 0.4) is 0 Å². The second-order valence-electron chi connectivity index (χ2n) is 5.18. The molecular weight excluding hydrogens is 504 g/mol. The second kappa shape index (κ2) is 26.6. The van der Waals surface area contributed by atoms with E-state index in [4.69, 9.17) is 29.5 Å². The number of rotatable bonds is 22. The molecule has 2 amide bonds. The van der Waals surface area contributed by atoms with Gasteiger partial charge in [0.25, 0.3) is 0 Å². The van der Waals surface area contributed by atoms with Crippen LogP contribution in [0.1, 0.15) is 12.8 Å². The Bertz CT molecular complexity index is 535. The minimum Gasteiger partial charge on any atom is -0.449 e. The number of carbonyl (C=O) groups is 2. The van der Waals surface area contributed by atoms with Crippen molar-refractivity contribution in [3.63, 3.8) is 0 Å². The zero-order valence-electron chi connectivity index (χ0n) is 17.9. The fraction of sp³-hybridized carbons (Fsp3) is 0.750. The Kier molecular flexibility index (Phi) is 25.3. The summed E-state index contributed by atoms with van der Waals surface area (Å²) in [7, 11) is 0. The van der Waals surface area contributed by atoms with E-state index in [2.05, 4.69) is 30.4 Å². The maximum atomic E-state index is 11.4. The number of nitrogens with zero attached hydrogens (tertiary/aromatic N) is 2. The lowest BCUT2D eigenvalue weighted by Crippen LogP contribution is -2.24. The Balaban J connectivity index is 3.33. The van der Waals surface area contributed by atoms with Crippen LogP contribution < -0.4 is 10.6 Å². The minimum absolute atomic E-state index is 0.0291. The van der Waals surface area contributed by atoms with Crippen LogP contribution in [0.4, 0.5) is 9.59 Å². The summed E-state index contributed by atoms with van der Waals surface area (Å²) >= 11 is 3.82. The van der Waals surface area contributed by atoms with Crippen molar-refractivity contribution < 1.29 is 48.8 Å². The third kappa shape index (κ3) is 26.5. The van der Waals surface area contributed by atoms with Gasteiger partial charge in [0.1, 0.15) is 11.9 Å². The lowest BCUT2D eigenvalue weighted by Gasteiger charge is -2.06. The van der Waals surface area contributed by atoms with Crippen LogP contribution in [0.15, 0.2) is 9.98 Å². The highest BCUT2D eigenvalue weighted by molar-refractivity contribution is 7.99. The third-order valence-corrected chi connectivity index (χ3v) is 4.57. The molecule has 0 rings (SSSR count). The summed E-state index contributed by atoms with van der Waals surface area (Å²) in [6.45, 7) is 0.441. The first-order valence-corrected chi connectivity index (χ1v) is 13.0. The van der Waals surface area contributed by atoms with Crippen LogP contribution in [0.2, 0.25) is 0 Å². The number of aliphatic hydroxyl groups excluding tert-OH is 2. The van der Waals surface area contributed by atoms with Gasteiger partial charge in [0.15, 0.2) is 0 Å². The van der Waals surface area contributed by atoms with E-state index in [1.807, 2.05) is 0 Å². The number of nitrogens with one attached hydrogen (secondary N) is 2. The third-order valence-electron chi connectivity index (χ3n) is 2.67. The number of aliphatic hydroxyl groups is 2. The molecule has 0 saturated heterocycles. The van der Waals surface area contributed by atoms with Crippen molar-refractivity contribution >= 4 is 60.3 Å². The van der Waals surface area contributed by atoms with Crippen LogP contribution >= 0.6 is 35.3 Å². The summed E-state index contributed by atoms with van der Waals surface area (Å²) in [6, 6.07) is 0. The molecule has 0 fully saturated rings. The molecular formula is C16H30N4O10S3. The second-order valence-corrected chi connectivity index (χ2v) is 7.97. The van der Waals surface area contributed by atoms with Gasteiger partial charge >= 0.3 is 12.2 Å². The van der Waals surface area contributed by atoms with E-state index >= 15 is 0 Å². The number of alkyl carbamates (subject to hydrolysis) is 2. The Hall–Kier alpha value is -1.63. The summed E-state index contributed by atoms with van der Waals surface area (Å²) in [5, 5.41) is 22.1. The Labute approximate surface area is 204 Å². The van der Waals surface area contributed by atoms with Gasteiger partial charge in [-0.3, -0.25) is 0 Å². The van der Waals surface area contributed by atoms with Crippen LogP contribution in [0, 0.1) is 0 Å². The first kappa shape index (κ1) is 31.4. The van der Waals surface area contributed by atoms with Crippen molar-refractivity contribution in [2.24, 2.45) is 9.98 Å². The molecule has 0 aromatic heterocycles. The van der Waals surface area contributed by atoms with Crippen molar-refractivity contribution in [2.75, 3.05) is 61.8 Å². The van der Waals surface area contributed by atoms with E-state index in [0.29, 0.717) is 36.3 Å². The highest BCUT2D eigenvalue weighted by Gasteiger charge is 2.01. The van der Waals surface area contributed by atoms with Gasteiger partial charge < -0.3 is 40.1 Å². The molecule has 0 aromatic rings. The lowest BCUT2D eigenvalue weighted by molar-refractivity contribution is -0.217. The van der Waals surface area contributed by atoms with Gasteiger partial charge in [0.05, 0.1) is 36.7 Å². The maximum Gasteiger partial charge on any atom is 0.408 e. The minimum atomic E-state index is -0.576. The van der Waals surface area contributed by atoms with Crippen molar-refractivity contribution in [3.05, 3.63) is 0 Å². The molecule has 0 bridgehead atoms. The summed E-state index contributed by atoms with van der Waals surface area (Å²) in [6.07, 6.45) is 2.01. The number of hydrogen-bond acceptors (Lipinski definition) is 15. The highest BCUT2D eigenvalue weighted by atomic mass is 32.2. The van der Waals surface area contributed by atoms with Crippen molar-refractivity contribution in [3.8, 4) is 0 Å². The predicted molar refractivity (Wildman–Crippen MR) is 126 cm³/mol. The zero-order valence-corrected chi connectivity index (χ0v) is 20.4. The molecule has 33 heavy (non-hydrogen) atoms. The van der Waals surface area contributed by atoms with Crippen LogP contribution in [-0.2, 0) is 29.0 Å². The quantitative estimate of drug-likeness (QED) is 0.0388. The molecule has 0 heterocycles. The van der Waals surface area contributed by atoms with Gasteiger partial charge in [0.2, 0.25) is 12.8 Å². The van der Waals surface area contributed by atoms with E-state index in [1.54, 1.807) is 0 Å². The zero-order chi connectivity index (χ0) is 24.2. The van der Waals surface area contributed by atoms with Crippen molar-refractivity contribution in [1.82, 2.24) is 10.6 Å². The number of thioether (sulfide) groups is 3. The number of amides is 2. The van der Waals surface area contributed by atoms with Crippen LogP contribution in [0.25, 0.3) is 0 Å². The summed E-state index contributed by atoms with van der Waals surface area (Å²) < 4.78 is 9.69. The van der Waals surface area contributed by atoms with Crippen LogP contribution in [-0.4, -0.2) is 97.0 Å².